The highest BCUT2D eigenvalue weighted by atomic mass is 35.5. The molecule has 0 amide bonds. The molecule has 1 unspecified atom stereocenters. The van der Waals surface area contributed by atoms with Crippen molar-refractivity contribution in [2.24, 2.45) is 0 Å². The van der Waals surface area contributed by atoms with Crippen molar-refractivity contribution in [2.75, 3.05) is 6.54 Å². The summed E-state index contributed by atoms with van der Waals surface area (Å²) in [6.45, 7) is 1.66. The predicted octanol–water partition coefficient (Wildman–Crippen LogP) is 2.88. The number of nitrogens with one attached hydrogen (secondary N) is 1. The van der Waals surface area contributed by atoms with E-state index in [2.05, 4.69) is 32.2 Å². The van der Waals surface area contributed by atoms with Crippen LogP contribution in [-0.2, 0) is 6.54 Å². The third-order valence-electron chi connectivity index (χ3n) is 3.71. The van der Waals surface area contributed by atoms with Crippen molar-refractivity contribution < 1.29 is 4.42 Å². The second kappa shape index (κ2) is 5.02. The van der Waals surface area contributed by atoms with Crippen LogP contribution in [0.1, 0.15) is 17.4 Å². The third kappa shape index (κ3) is 2.05. The highest BCUT2D eigenvalue weighted by Crippen LogP contribution is 2.31. The number of nitrogens with zero attached hydrogens (tertiary/aromatic N) is 3. The van der Waals surface area contributed by atoms with Gasteiger partial charge in [-0.1, -0.05) is 30.3 Å². The van der Waals surface area contributed by atoms with Gasteiger partial charge in [0.1, 0.15) is 0 Å². The zero-order valence-electron chi connectivity index (χ0n) is 11.2. The Kier molecular flexibility index (Phi) is 3.02. The fourth-order valence-corrected chi connectivity index (χ4v) is 2.92. The van der Waals surface area contributed by atoms with Crippen LogP contribution < -0.4 is 5.32 Å². The predicted molar refractivity (Wildman–Crippen MR) is 79.0 cm³/mol. The zero-order valence-corrected chi connectivity index (χ0v) is 11.9. The van der Waals surface area contributed by atoms with E-state index in [1.807, 2.05) is 24.3 Å². The van der Waals surface area contributed by atoms with Crippen LogP contribution in [0.3, 0.4) is 0 Å². The first kappa shape index (κ1) is 12.6. The molecule has 0 radical (unpaired) electrons. The second-order valence-corrected chi connectivity index (χ2v) is 5.28. The Morgan fingerprint density at radius 3 is 2.81 bits per heavy atom. The number of benzene rings is 1. The molecule has 0 fully saturated rings. The van der Waals surface area contributed by atoms with E-state index < -0.39 is 0 Å². The number of hydrogen-bond acceptors (Lipinski definition) is 4. The van der Waals surface area contributed by atoms with Crippen molar-refractivity contribution in [1.82, 2.24) is 20.1 Å². The molecule has 3 aromatic rings. The summed E-state index contributed by atoms with van der Waals surface area (Å²) in [6.07, 6.45) is 1.56. The van der Waals surface area contributed by atoms with Crippen molar-refractivity contribution >= 4 is 11.6 Å². The molecule has 1 atom stereocenters. The molecular weight excluding hydrogens is 288 g/mol. The molecule has 0 saturated heterocycles. The molecule has 1 N–H and O–H groups in total. The van der Waals surface area contributed by atoms with E-state index in [4.69, 9.17) is 16.0 Å². The molecule has 4 rings (SSSR count). The fourth-order valence-electron chi connectivity index (χ4n) is 2.73. The molecule has 0 bridgehead atoms. The van der Waals surface area contributed by atoms with Gasteiger partial charge in [-0.2, -0.15) is 0 Å². The molecule has 21 heavy (non-hydrogen) atoms. The average molecular weight is 301 g/mol. The van der Waals surface area contributed by atoms with E-state index in [0.29, 0.717) is 5.22 Å². The number of halogens is 1. The first-order chi connectivity index (χ1) is 10.3. The summed E-state index contributed by atoms with van der Waals surface area (Å²) in [5.74, 6) is 1.66. The van der Waals surface area contributed by atoms with Crippen LogP contribution in [-0.4, -0.2) is 21.3 Å². The summed E-state index contributed by atoms with van der Waals surface area (Å²) in [5, 5.41) is 12.5. The zero-order chi connectivity index (χ0) is 14.2. The molecule has 0 saturated carbocycles. The lowest BCUT2D eigenvalue weighted by atomic mass is 10.0. The van der Waals surface area contributed by atoms with Crippen LogP contribution in [0.25, 0.3) is 11.4 Å². The Morgan fingerprint density at radius 1 is 1.19 bits per heavy atom. The van der Waals surface area contributed by atoms with Gasteiger partial charge in [0.25, 0.3) is 0 Å². The highest BCUT2D eigenvalue weighted by Gasteiger charge is 2.27. The van der Waals surface area contributed by atoms with Crippen LogP contribution in [0, 0.1) is 0 Å². The minimum Gasteiger partial charge on any atom is -0.452 e. The van der Waals surface area contributed by atoms with Gasteiger partial charge < -0.3 is 14.3 Å². The van der Waals surface area contributed by atoms with E-state index >= 15 is 0 Å². The molecule has 3 heterocycles. The topological polar surface area (TPSA) is 55.9 Å². The van der Waals surface area contributed by atoms with Crippen molar-refractivity contribution in [3.63, 3.8) is 0 Å². The Balaban J connectivity index is 1.81. The van der Waals surface area contributed by atoms with Crippen LogP contribution in [0.5, 0.6) is 0 Å². The molecule has 0 spiro atoms. The first-order valence-electron chi connectivity index (χ1n) is 6.79. The van der Waals surface area contributed by atoms with Crippen molar-refractivity contribution in [2.45, 2.75) is 12.6 Å². The number of aromatic nitrogens is 3. The van der Waals surface area contributed by atoms with Gasteiger partial charge in [-0.15, -0.1) is 10.2 Å². The highest BCUT2D eigenvalue weighted by molar-refractivity contribution is 6.31. The van der Waals surface area contributed by atoms with Gasteiger partial charge in [-0.25, -0.2) is 0 Å². The second-order valence-electron chi connectivity index (χ2n) is 4.94. The molecule has 5 nitrogen and oxygen atoms in total. The maximum Gasteiger partial charge on any atom is 0.204 e. The summed E-state index contributed by atoms with van der Waals surface area (Å²) >= 11 is 6.06. The third-order valence-corrected chi connectivity index (χ3v) is 4.01. The number of furan rings is 1. The van der Waals surface area contributed by atoms with Gasteiger partial charge in [0.2, 0.25) is 5.22 Å². The van der Waals surface area contributed by atoms with Gasteiger partial charge in [-0.05, 0) is 23.2 Å². The Labute approximate surface area is 126 Å². The number of rotatable bonds is 2. The normalized spacial score (nSPS) is 17.7. The lowest BCUT2D eigenvalue weighted by Crippen LogP contribution is -2.34. The van der Waals surface area contributed by atoms with Crippen molar-refractivity contribution in [3.05, 3.63) is 59.3 Å². The summed E-state index contributed by atoms with van der Waals surface area (Å²) in [5.41, 5.74) is 1.96. The fraction of sp³-hybridized carbons (Fsp3) is 0.200. The molecule has 1 aliphatic rings. The van der Waals surface area contributed by atoms with Gasteiger partial charge in [0.15, 0.2) is 11.6 Å². The molecule has 6 heteroatoms. The SMILES string of the molecule is Clc1occc1-c1nnc2n1CCNC2c1ccccc1. The standard InChI is InChI=1S/C15H13ClN4O/c16-13-11(6-9-21-13)14-18-19-15-12(17-7-8-20(14)15)10-4-2-1-3-5-10/h1-6,9,12,17H,7-8H2. The van der Waals surface area contributed by atoms with Crippen LogP contribution in [0.15, 0.2) is 47.1 Å². The van der Waals surface area contributed by atoms with Gasteiger partial charge in [-0.3, -0.25) is 0 Å². The lowest BCUT2D eigenvalue weighted by Gasteiger charge is -2.25. The van der Waals surface area contributed by atoms with Gasteiger partial charge in [0, 0.05) is 13.1 Å². The quantitative estimate of drug-likeness (QED) is 0.790. The summed E-state index contributed by atoms with van der Waals surface area (Å²) in [6, 6.07) is 12.1. The van der Waals surface area contributed by atoms with E-state index in [1.165, 1.54) is 5.56 Å². The summed E-state index contributed by atoms with van der Waals surface area (Å²) in [7, 11) is 0. The number of fused-ring (bicyclic) bond motifs is 1. The molecule has 2 aromatic heterocycles. The average Bonchev–Trinajstić information content (AvgIpc) is 3.13. The molecular formula is C15H13ClN4O. The molecule has 1 aliphatic heterocycles. The minimum atomic E-state index is 0.0480. The van der Waals surface area contributed by atoms with Crippen LogP contribution in [0.2, 0.25) is 5.22 Å². The monoisotopic (exact) mass is 300 g/mol. The van der Waals surface area contributed by atoms with E-state index in [-0.39, 0.29) is 6.04 Å². The lowest BCUT2D eigenvalue weighted by molar-refractivity contribution is 0.458. The van der Waals surface area contributed by atoms with E-state index in [1.54, 1.807) is 6.26 Å². The molecule has 1 aromatic carbocycles. The summed E-state index contributed by atoms with van der Waals surface area (Å²) in [4.78, 5) is 0. The van der Waals surface area contributed by atoms with E-state index in [0.717, 1.165) is 30.3 Å². The van der Waals surface area contributed by atoms with Gasteiger partial charge >= 0.3 is 0 Å². The maximum absolute atomic E-state index is 6.06. The maximum atomic E-state index is 6.06. The smallest absolute Gasteiger partial charge is 0.204 e. The van der Waals surface area contributed by atoms with Crippen molar-refractivity contribution in [1.29, 1.82) is 0 Å². The first-order valence-corrected chi connectivity index (χ1v) is 7.17. The summed E-state index contributed by atoms with van der Waals surface area (Å²) < 4.78 is 7.26. The van der Waals surface area contributed by atoms with E-state index in [9.17, 15) is 0 Å². The Hall–Kier alpha value is -2.11. The Bertz CT molecular complexity index is 765. The minimum absolute atomic E-state index is 0.0480. The van der Waals surface area contributed by atoms with Crippen LogP contribution >= 0.6 is 11.6 Å². The largest absolute Gasteiger partial charge is 0.452 e. The van der Waals surface area contributed by atoms with Crippen LogP contribution in [0.4, 0.5) is 0 Å². The van der Waals surface area contributed by atoms with Crippen molar-refractivity contribution in [3.8, 4) is 11.4 Å². The molecule has 0 aliphatic carbocycles. The number of hydrogen-bond donors (Lipinski definition) is 1. The Morgan fingerprint density at radius 2 is 2.05 bits per heavy atom. The molecule has 106 valence electrons. The van der Waals surface area contributed by atoms with Gasteiger partial charge in [0.05, 0.1) is 17.9 Å².